The van der Waals surface area contributed by atoms with Gasteiger partial charge < -0.3 is 5.32 Å². The van der Waals surface area contributed by atoms with E-state index in [2.05, 4.69) is 5.32 Å². The van der Waals surface area contributed by atoms with Crippen molar-refractivity contribution in [3.63, 3.8) is 0 Å². The van der Waals surface area contributed by atoms with Crippen LogP contribution in [0.5, 0.6) is 0 Å². The topological polar surface area (TPSA) is 75.3 Å². The molecule has 1 heterocycles. The zero-order chi connectivity index (χ0) is 11.1. The highest BCUT2D eigenvalue weighted by atomic mass is 32.2. The van der Waals surface area contributed by atoms with Crippen molar-refractivity contribution in [1.82, 2.24) is 4.72 Å². The van der Waals surface area contributed by atoms with Crippen molar-refractivity contribution in [2.24, 2.45) is 0 Å². The van der Waals surface area contributed by atoms with Crippen LogP contribution in [0.1, 0.15) is 12.5 Å². The van der Waals surface area contributed by atoms with Crippen LogP contribution >= 0.6 is 0 Å². The van der Waals surface area contributed by atoms with E-state index in [4.69, 9.17) is 0 Å². The summed E-state index contributed by atoms with van der Waals surface area (Å²) in [5.74, 6) is 0. The second-order valence-corrected chi connectivity index (χ2v) is 4.85. The fourth-order valence-corrected chi connectivity index (χ4v) is 2.67. The summed E-state index contributed by atoms with van der Waals surface area (Å²) in [5, 5.41) is 2.51. The number of carbonyl (C=O) groups excluding carboxylic acids is 1. The van der Waals surface area contributed by atoms with Gasteiger partial charge in [0.1, 0.15) is 4.90 Å². The average molecular weight is 226 g/mol. The Balaban J connectivity index is 2.71. The molecule has 1 aliphatic heterocycles. The van der Waals surface area contributed by atoms with Gasteiger partial charge in [-0.25, -0.2) is 17.9 Å². The van der Waals surface area contributed by atoms with Gasteiger partial charge in [0.05, 0.1) is 5.69 Å². The number of amides is 2. The number of urea groups is 1. The highest BCUT2D eigenvalue weighted by molar-refractivity contribution is 7.90. The molecule has 0 aliphatic carbocycles. The van der Waals surface area contributed by atoms with E-state index in [0.717, 1.165) is 5.56 Å². The lowest BCUT2D eigenvalue weighted by Crippen LogP contribution is -2.39. The molecule has 15 heavy (non-hydrogen) atoms. The van der Waals surface area contributed by atoms with Gasteiger partial charge in [-0.2, -0.15) is 0 Å². The molecule has 1 aliphatic rings. The highest BCUT2D eigenvalue weighted by Crippen LogP contribution is 2.28. The van der Waals surface area contributed by atoms with Gasteiger partial charge in [0.2, 0.25) is 0 Å². The first kappa shape index (κ1) is 9.97. The minimum atomic E-state index is -3.69. The van der Waals surface area contributed by atoms with Crippen molar-refractivity contribution in [2.45, 2.75) is 18.2 Å². The van der Waals surface area contributed by atoms with Gasteiger partial charge in [-0.1, -0.05) is 19.1 Å². The molecular formula is C9H10N2O3S. The Kier molecular flexibility index (Phi) is 2.15. The smallest absolute Gasteiger partial charge is 0.306 e. The summed E-state index contributed by atoms with van der Waals surface area (Å²) in [4.78, 5) is 11.2. The fraction of sp³-hybridized carbons (Fsp3) is 0.222. The van der Waals surface area contributed by atoms with E-state index in [9.17, 15) is 13.2 Å². The van der Waals surface area contributed by atoms with Crippen LogP contribution in [0.15, 0.2) is 23.1 Å². The number of para-hydroxylation sites is 1. The van der Waals surface area contributed by atoms with E-state index in [1.54, 1.807) is 12.1 Å². The van der Waals surface area contributed by atoms with Gasteiger partial charge in [-0.05, 0) is 18.1 Å². The maximum Gasteiger partial charge on any atom is 0.333 e. The maximum absolute atomic E-state index is 11.6. The first-order valence-corrected chi connectivity index (χ1v) is 5.98. The molecule has 1 aromatic rings. The van der Waals surface area contributed by atoms with E-state index in [1.165, 1.54) is 6.07 Å². The number of hydrogen-bond acceptors (Lipinski definition) is 3. The third-order valence-corrected chi connectivity index (χ3v) is 3.62. The van der Waals surface area contributed by atoms with Crippen molar-refractivity contribution in [2.75, 3.05) is 5.32 Å². The molecule has 6 heteroatoms. The normalized spacial score (nSPS) is 17.5. The number of rotatable bonds is 1. The van der Waals surface area contributed by atoms with Crippen molar-refractivity contribution >= 4 is 21.7 Å². The Hall–Kier alpha value is -1.56. The molecule has 0 atom stereocenters. The standard InChI is InChI=1S/C9H10N2O3S/c1-2-6-4-3-5-7-8(6)10-9(12)11-15(7,13)14/h3-5H,2H2,1H3,(H2,10,11,12). The van der Waals surface area contributed by atoms with Crippen molar-refractivity contribution < 1.29 is 13.2 Å². The molecule has 0 unspecified atom stereocenters. The Labute approximate surface area is 87.5 Å². The highest BCUT2D eigenvalue weighted by Gasteiger charge is 2.28. The molecule has 0 radical (unpaired) electrons. The lowest BCUT2D eigenvalue weighted by molar-refractivity contribution is 0.256. The van der Waals surface area contributed by atoms with Crippen molar-refractivity contribution in [3.05, 3.63) is 23.8 Å². The summed E-state index contributed by atoms with van der Waals surface area (Å²) >= 11 is 0. The zero-order valence-electron chi connectivity index (χ0n) is 8.07. The van der Waals surface area contributed by atoms with Crippen LogP contribution in [-0.4, -0.2) is 14.4 Å². The van der Waals surface area contributed by atoms with E-state index in [-0.39, 0.29) is 4.90 Å². The Bertz CT molecular complexity index is 522. The van der Waals surface area contributed by atoms with Gasteiger partial charge in [0.25, 0.3) is 10.0 Å². The number of fused-ring (bicyclic) bond motifs is 1. The summed E-state index contributed by atoms with van der Waals surface area (Å²) in [6.07, 6.45) is 0.666. The molecule has 0 saturated carbocycles. The maximum atomic E-state index is 11.6. The SMILES string of the molecule is CCc1cccc2c1NC(=O)NS2(=O)=O. The van der Waals surface area contributed by atoms with Crippen LogP contribution in [0, 0.1) is 0 Å². The van der Waals surface area contributed by atoms with Gasteiger partial charge in [0, 0.05) is 0 Å². The molecule has 2 amide bonds. The largest absolute Gasteiger partial charge is 0.333 e. The number of nitrogens with one attached hydrogen (secondary N) is 2. The van der Waals surface area contributed by atoms with Gasteiger partial charge in [0.15, 0.2) is 0 Å². The van der Waals surface area contributed by atoms with E-state index >= 15 is 0 Å². The molecule has 80 valence electrons. The molecule has 0 aromatic heterocycles. The molecule has 0 spiro atoms. The van der Waals surface area contributed by atoms with E-state index in [1.807, 2.05) is 11.6 Å². The first-order valence-electron chi connectivity index (χ1n) is 4.50. The van der Waals surface area contributed by atoms with E-state index in [0.29, 0.717) is 12.1 Å². The monoisotopic (exact) mass is 226 g/mol. The molecule has 0 fully saturated rings. The van der Waals surface area contributed by atoms with Crippen molar-refractivity contribution in [1.29, 1.82) is 0 Å². The molecule has 2 N–H and O–H groups in total. The van der Waals surface area contributed by atoms with Crippen LogP contribution in [-0.2, 0) is 16.4 Å². The van der Waals surface area contributed by atoms with Crippen LogP contribution in [0.2, 0.25) is 0 Å². The molecular weight excluding hydrogens is 216 g/mol. The molecule has 5 nitrogen and oxygen atoms in total. The van der Waals surface area contributed by atoms with Crippen LogP contribution in [0.4, 0.5) is 10.5 Å². The Morgan fingerprint density at radius 2 is 2.07 bits per heavy atom. The lowest BCUT2D eigenvalue weighted by atomic mass is 10.1. The fourth-order valence-electron chi connectivity index (χ4n) is 1.55. The lowest BCUT2D eigenvalue weighted by Gasteiger charge is -2.20. The minimum absolute atomic E-state index is 0.126. The van der Waals surface area contributed by atoms with E-state index < -0.39 is 16.1 Å². The average Bonchev–Trinajstić information content (AvgIpc) is 2.15. The zero-order valence-corrected chi connectivity index (χ0v) is 8.89. The quantitative estimate of drug-likeness (QED) is 0.752. The second kappa shape index (κ2) is 3.23. The second-order valence-electron chi connectivity index (χ2n) is 3.20. The number of anilines is 1. The number of sulfonamides is 1. The summed E-state index contributed by atoms with van der Waals surface area (Å²) < 4.78 is 25.0. The summed E-state index contributed by atoms with van der Waals surface area (Å²) in [6, 6.07) is 4.22. The first-order chi connectivity index (χ1) is 7.04. The Morgan fingerprint density at radius 3 is 2.73 bits per heavy atom. The van der Waals surface area contributed by atoms with Crippen LogP contribution < -0.4 is 10.0 Å². The summed E-state index contributed by atoms with van der Waals surface area (Å²) in [5.41, 5.74) is 1.20. The molecule has 1 aromatic carbocycles. The summed E-state index contributed by atoms with van der Waals surface area (Å²) in [6.45, 7) is 1.90. The Morgan fingerprint density at radius 1 is 1.33 bits per heavy atom. The minimum Gasteiger partial charge on any atom is -0.306 e. The van der Waals surface area contributed by atoms with Gasteiger partial charge >= 0.3 is 6.03 Å². The molecule has 0 saturated heterocycles. The number of hydrogen-bond donors (Lipinski definition) is 2. The van der Waals surface area contributed by atoms with Crippen LogP contribution in [0.25, 0.3) is 0 Å². The number of carbonyl (C=O) groups is 1. The summed E-state index contributed by atoms with van der Waals surface area (Å²) in [7, 11) is -3.69. The molecule has 2 rings (SSSR count). The molecule has 0 bridgehead atoms. The van der Waals surface area contributed by atoms with Gasteiger partial charge in [-0.15, -0.1) is 0 Å². The van der Waals surface area contributed by atoms with Crippen LogP contribution in [0.3, 0.4) is 0 Å². The predicted octanol–water partition coefficient (Wildman–Crippen LogP) is 1.07. The predicted molar refractivity (Wildman–Crippen MR) is 55.2 cm³/mol. The van der Waals surface area contributed by atoms with Gasteiger partial charge in [-0.3, -0.25) is 0 Å². The van der Waals surface area contributed by atoms with Crippen molar-refractivity contribution in [3.8, 4) is 0 Å². The third-order valence-electron chi connectivity index (χ3n) is 2.25. The number of benzene rings is 1. The number of aryl methyl sites for hydroxylation is 1. The third kappa shape index (κ3) is 1.56.